The molecule has 0 saturated carbocycles. The van der Waals surface area contributed by atoms with Gasteiger partial charge in [-0.1, -0.05) is 63.0 Å². The zero-order valence-electron chi connectivity index (χ0n) is 13.0. The van der Waals surface area contributed by atoms with Crippen molar-refractivity contribution >= 4 is 5.97 Å². The summed E-state index contributed by atoms with van der Waals surface area (Å²) in [5.74, 6) is -0.918. The largest absolute Gasteiger partial charge is 0.478 e. The molecule has 0 amide bonds. The van der Waals surface area contributed by atoms with E-state index in [0.717, 1.165) is 12.5 Å². The predicted octanol–water partition coefficient (Wildman–Crippen LogP) is 4.65. The van der Waals surface area contributed by atoms with Crippen molar-refractivity contribution in [3.05, 3.63) is 36.5 Å². The van der Waals surface area contributed by atoms with E-state index >= 15 is 0 Å². The third-order valence-corrected chi connectivity index (χ3v) is 3.60. The number of carboxylic acids is 1. The van der Waals surface area contributed by atoms with Crippen LogP contribution in [0.25, 0.3) is 0 Å². The molecule has 0 spiro atoms. The van der Waals surface area contributed by atoms with Crippen molar-refractivity contribution in [1.82, 2.24) is 0 Å². The third kappa shape index (κ3) is 10.1. The summed E-state index contributed by atoms with van der Waals surface area (Å²) in [6, 6.07) is 0. The average molecular weight is 292 g/mol. The Hall–Kier alpha value is -1.35. The van der Waals surface area contributed by atoms with Gasteiger partial charge in [-0.2, -0.15) is 0 Å². The Kier molecular flexibility index (Phi) is 9.55. The molecule has 3 heteroatoms. The van der Waals surface area contributed by atoms with Crippen LogP contribution in [0.1, 0.15) is 58.3 Å². The van der Waals surface area contributed by atoms with E-state index in [4.69, 9.17) is 9.84 Å². The Bertz CT molecular complexity index is 369. The first-order valence-corrected chi connectivity index (χ1v) is 8.12. The van der Waals surface area contributed by atoms with Crippen molar-refractivity contribution in [3.63, 3.8) is 0 Å². The van der Waals surface area contributed by atoms with Gasteiger partial charge in [0, 0.05) is 6.08 Å². The predicted molar refractivity (Wildman–Crippen MR) is 86.3 cm³/mol. The summed E-state index contributed by atoms with van der Waals surface area (Å²) in [6.45, 7) is 2.23. The van der Waals surface area contributed by atoms with E-state index < -0.39 is 5.97 Å². The number of aliphatic carboxylic acids is 1. The molecule has 2 unspecified atom stereocenters. The van der Waals surface area contributed by atoms with Gasteiger partial charge in [-0.25, -0.2) is 4.79 Å². The first kappa shape index (κ1) is 17.7. The molecular weight excluding hydrogens is 264 g/mol. The molecule has 2 atom stereocenters. The van der Waals surface area contributed by atoms with Crippen molar-refractivity contribution in [2.24, 2.45) is 0 Å². The molecule has 1 heterocycles. The van der Waals surface area contributed by atoms with Gasteiger partial charge in [-0.3, -0.25) is 0 Å². The quantitative estimate of drug-likeness (QED) is 0.246. The van der Waals surface area contributed by atoms with Gasteiger partial charge in [-0.05, 0) is 25.7 Å². The highest BCUT2D eigenvalue weighted by molar-refractivity contribution is 5.80. The molecule has 0 aromatic heterocycles. The van der Waals surface area contributed by atoms with E-state index in [-0.39, 0.29) is 0 Å². The number of hydrogen-bond donors (Lipinski definition) is 1. The number of unbranched alkanes of at least 4 members (excludes halogenated alkanes) is 4. The molecule has 118 valence electrons. The SMILES string of the molecule is CCCCCC1OC1CCCCC=CC=CC=CC(=O)O. The average Bonchev–Trinajstić information content (AvgIpc) is 3.19. The summed E-state index contributed by atoms with van der Waals surface area (Å²) in [5.41, 5.74) is 0. The normalized spacial score (nSPS) is 21.8. The van der Waals surface area contributed by atoms with Gasteiger partial charge < -0.3 is 9.84 Å². The number of rotatable bonds is 12. The van der Waals surface area contributed by atoms with Crippen LogP contribution in [0.3, 0.4) is 0 Å². The molecule has 0 aromatic rings. The van der Waals surface area contributed by atoms with E-state index in [2.05, 4.69) is 13.0 Å². The number of carboxylic acid groups (broad SMARTS) is 1. The number of carbonyl (C=O) groups is 1. The smallest absolute Gasteiger partial charge is 0.328 e. The zero-order chi connectivity index (χ0) is 15.3. The summed E-state index contributed by atoms with van der Waals surface area (Å²) in [7, 11) is 0. The van der Waals surface area contributed by atoms with Crippen LogP contribution in [0.15, 0.2) is 36.5 Å². The van der Waals surface area contributed by atoms with Crippen molar-refractivity contribution in [1.29, 1.82) is 0 Å². The van der Waals surface area contributed by atoms with Crippen LogP contribution in [-0.2, 0) is 9.53 Å². The Labute approximate surface area is 128 Å². The van der Waals surface area contributed by atoms with E-state index in [1.807, 2.05) is 12.2 Å². The highest BCUT2D eigenvalue weighted by Gasteiger charge is 2.36. The van der Waals surface area contributed by atoms with Gasteiger partial charge in [-0.15, -0.1) is 0 Å². The Morgan fingerprint density at radius 2 is 1.67 bits per heavy atom. The van der Waals surface area contributed by atoms with Crippen molar-refractivity contribution < 1.29 is 14.6 Å². The lowest BCUT2D eigenvalue weighted by atomic mass is 10.1. The van der Waals surface area contributed by atoms with Crippen LogP contribution in [0.4, 0.5) is 0 Å². The van der Waals surface area contributed by atoms with Gasteiger partial charge in [0.15, 0.2) is 0 Å². The maximum absolute atomic E-state index is 10.2. The fourth-order valence-electron chi connectivity index (χ4n) is 2.33. The van der Waals surface area contributed by atoms with Gasteiger partial charge in [0.25, 0.3) is 0 Å². The lowest BCUT2D eigenvalue weighted by Gasteiger charge is -1.96. The highest BCUT2D eigenvalue weighted by atomic mass is 16.6. The molecule has 1 aliphatic rings. The second kappa shape index (κ2) is 11.3. The number of hydrogen-bond acceptors (Lipinski definition) is 2. The lowest BCUT2D eigenvalue weighted by molar-refractivity contribution is -0.131. The molecule has 0 aliphatic carbocycles. The van der Waals surface area contributed by atoms with Crippen LogP contribution in [0.2, 0.25) is 0 Å². The number of ether oxygens (including phenoxy) is 1. The molecule has 3 nitrogen and oxygen atoms in total. The first-order valence-electron chi connectivity index (χ1n) is 8.12. The molecule has 1 N–H and O–H groups in total. The summed E-state index contributed by atoms with van der Waals surface area (Å²) >= 11 is 0. The van der Waals surface area contributed by atoms with Crippen LogP contribution in [0.5, 0.6) is 0 Å². The highest BCUT2D eigenvalue weighted by Crippen LogP contribution is 2.31. The van der Waals surface area contributed by atoms with E-state index in [1.54, 1.807) is 6.08 Å². The maximum atomic E-state index is 10.2. The monoisotopic (exact) mass is 292 g/mol. The zero-order valence-corrected chi connectivity index (χ0v) is 13.0. The molecule has 0 aromatic carbocycles. The maximum Gasteiger partial charge on any atom is 0.328 e. The van der Waals surface area contributed by atoms with Crippen molar-refractivity contribution in [3.8, 4) is 0 Å². The molecule has 1 rings (SSSR count). The van der Waals surface area contributed by atoms with Gasteiger partial charge in [0.1, 0.15) is 0 Å². The summed E-state index contributed by atoms with van der Waals surface area (Å²) in [4.78, 5) is 10.2. The van der Waals surface area contributed by atoms with Crippen molar-refractivity contribution in [2.45, 2.75) is 70.5 Å². The molecule has 0 bridgehead atoms. The van der Waals surface area contributed by atoms with Crippen LogP contribution >= 0.6 is 0 Å². The van der Waals surface area contributed by atoms with E-state index in [0.29, 0.717) is 12.2 Å². The summed E-state index contributed by atoms with van der Waals surface area (Å²) in [5, 5.41) is 8.39. The first-order chi connectivity index (χ1) is 10.2. The Morgan fingerprint density at radius 3 is 2.33 bits per heavy atom. The fourth-order valence-corrected chi connectivity index (χ4v) is 2.33. The molecule has 1 aliphatic heterocycles. The number of epoxide rings is 1. The van der Waals surface area contributed by atoms with Gasteiger partial charge in [0.05, 0.1) is 12.2 Å². The summed E-state index contributed by atoms with van der Waals surface area (Å²) in [6.07, 6.45) is 21.2. The van der Waals surface area contributed by atoms with Crippen LogP contribution in [-0.4, -0.2) is 23.3 Å². The molecule has 0 radical (unpaired) electrons. The summed E-state index contributed by atoms with van der Waals surface area (Å²) < 4.78 is 5.67. The minimum atomic E-state index is -0.918. The fraction of sp³-hybridized carbons (Fsp3) is 0.611. The minimum Gasteiger partial charge on any atom is -0.478 e. The molecule has 1 fully saturated rings. The number of allylic oxidation sites excluding steroid dienone is 5. The molecule has 1 saturated heterocycles. The van der Waals surface area contributed by atoms with Crippen molar-refractivity contribution in [2.75, 3.05) is 0 Å². The second-order valence-corrected chi connectivity index (χ2v) is 5.50. The van der Waals surface area contributed by atoms with E-state index in [9.17, 15) is 4.79 Å². The van der Waals surface area contributed by atoms with E-state index in [1.165, 1.54) is 51.0 Å². The molecular formula is C18H28O3. The second-order valence-electron chi connectivity index (χ2n) is 5.50. The Morgan fingerprint density at radius 1 is 1.00 bits per heavy atom. The standard InChI is InChI=1S/C18H28O3/c1-2-3-10-13-16-17(21-16)14-11-8-6-4-5-7-9-12-15-18(19)20/h4-5,7,9,12,15-17H,2-3,6,8,10-11,13-14H2,1H3,(H,19,20). The third-order valence-electron chi connectivity index (χ3n) is 3.60. The van der Waals surface area contributed by atoms with Crippen LogP contribution < -0.4 is 0 Å². The lowest BCUT2D eigenvalue weighted by Crippen LogP contribution is -1.94. The van der Waals surface area contributed by atoms with Gasteiger partial charge >= 0.3 is 5.97 Å². The topological polar surface area (TPSA) is 49.8 Å². The molecule has 21 heavy (non-hydrogen) atoms. The van der Waals surface area contributed by atoms with Gasteiger partial charge in [0.2, 0.25) is 0 Å². The minimum absolute atomic E-state index is 0.534. The van der Waals surface area contributed by atoms with Crippen LogP contribution in [0, 0.1) is 0 Å². The Balaban J connectivity index is 1.90.